The summed E-state index contributed by atoms with van der Waals surface area (Å²) in [4.78, 5) is 18.5. The van der Waals surface area contributed by atoms with Crippen LogP contribution in [0.2, 0.25) is 0 Å². The summed E-state index contributed by atoms with van der Waals surface area (Å²) in [6.45, 7) is 0.460. The molecule has 2 aromatic rings. The first-order chi connectivity index (χ1) is 9.97. The van der Waals surface area contributed by atoms with Gasteiger partial charge in [0.2, 0.25) is 0 Å². The molecule has 0 fully saturated rings. The number of amides is 1. The monoisotopic (exact) mass is 459 g/mol. The summed E-state index contributed by atoms with van der Waals surface area (Å²) in [5.74, 6) is 0.809. The molecule has 0 atom stereocenters. The number of carbonyl (C=O) groups is 1. The van der Waals surface area contributed by atoms with Gasteiger partial charge < -0.3 is 10.2 Å². The predicted octanol–water partition coefficient (Wildman–Crippen LogP) is 3.44. The number of nitrogens with one attached hydrogen (secondary N) is 1. The highest BCUT2D eigenvalue weighted by atomic mass is 127. The Morgan fingerprint density at radius 1 is 1.33 bits per heavy atom. The zero-order valence-corrected chi connectivity index (χ0v) is 15.5. The third-order valence-corrected chi connectivity index (χ3v) is 4.33. The molecule has 0 aliphatic rings. The van der Waals surface area contributed by atoms with Crippen LogP contribution in [0.3, 0.4) is 0 Å². The van der Waals surface area contributed by atoms with E-state index in [0.29, 0.717) is 12.1 Å². The number of halogens is 2. The second-order valence-corrected chi connectivity index (χ2v) is 6.80. The van der Waals surface area contributed by atoms with Gasteiger partial charge in [0.15, 0.2) is 0 Å². The molecule has 4 nitrogen and oxygen atoms in total. The Morgan fingerprint density at radius 3 is 2.71 bits per heavy atom. The summed E-state index contributed by atoms with van der Waals surface area (Å²) in [5.41, 5.74) is 1.64. The number of benzene rings is 1. The quantitative estimate of drug-likeness (QED) is 0.712. The largest absolute Gasteiger partial charge is 0.363 e. The molecule has 110 valence electrons. The maximum atomic E-state index is 12.2. The Morgan fingerprint density at radius 2 is 2.10 bits per heavy atom. The fraction of sp³-hybridized carbons (Fsp3) is 0.200. The number of rotatable bonds is 4. The Kier molecular flexibility index (Phi) is 5.58. The molecule has 6 heteroatoms. The lowest BCUT2D eigenvalue weighted by Crippen LogP contribution is -2.23. The molecule has 0 saturated heterocycles. The van der Waals surface area contributed by atoms with Gasteiger partial charge in [-0.3, -0.25) is 4.79 Å². The van der Waals surface area contributed by atoms with E-state index < -0.39 is 0 Å². The van der Waals surface area contributed by atoms with Crippen molar-refractivity contribution in [2.24, 2.45) is 0 Å². The standard InChI is InChI=1S/C15H15BrIN3O/c1-20(2)14-6-3-10(8-18-14)9-19-15(21)12-7-11(16)4-5-13(12)17/h3-8H,9H2,1-2H3,(H,19,21). The lowest BCUT2D eigenvalue weighted by atomic mass is 10.2. The topological polar surface area (TPSA) is 45.2 Å². The van der Waals surface area contributed by atoms with Gasteiger partial charge in [0, 0.05) is 34.9 Å². The summed E-state index contributed by atoms with van der Waals surface area (Å²) in [6, 6.07) is 9.55. The molecule has 0 unspecified atom stereocenters. The molecule has 0 aliphatic heterocycles. The molecule has 21 heavy (non-hydrogen) atoms. The smallest absolute Gasteiger partial charge is 0.252 e. The Balaban J connectivity index is 2.02. The van der Waals surface area contributed by atoms with Crippen molar-refractivity contribution in [3.8, 4) is 0 Å². The summed E-state index contributed by atoms with van der Waals surface area (Å²) in [5, 5.41) is 2.91. The molecule has 0 bridgehead atoms. The average molecular weight is 460 g/mol. The van der Waals surface area contributed by atoms with Gasteiger partial charge >= 0.3 is 0 Å². The molecular weight excluding hydrogens is 445 g/mol. The number of carbonyl (C=O) groups excluding carboxylic acids is 1. The molecular formula is C15H15BrIN3O. The van der Waals surface area contributed by atoms with E-state index in [2.05, 4.69) is 48.8 Å². The van der Waals surface area contributed by atoms with Gasteiger partial charge in [-0.05, 0) is 52.4 Å². The molecule has 1 heterocycles. The van der Waals surface area contributed by atoms with Crippen LogP contribution in [0, 0.1) is 3.57 Å². The van der Waals surface area contributed by atoms with E-state index in [0.717, 1.165) is 19.4 Å². The van der Waals surface area contributed by atoms with E-state index in [9.17, 15) is 4.79 Å². The van der Waals surface area contributed by atoms with Crippen molar-refractivity contribution in [3.05, 3.63) is 55.7 Å². The second kappa shape index (κ2) is 7.22. The molecule has 0 radical (unpaired) electrons. The normalized spacial score (nSPS) is 10.3. The van der Waals surface area contributed by atoms with E-state index in [4.69, 9.17) is 0 Å². The highest BCUT2D eigenvalue weighted by Gasteiger charge is 2.10. The molecule has 0 aliphatic carbocycles. The summed E-state index contributed by atoms with van der Waals surface area (Å²) >= 11 is 5.54. The van der Waals surface area contributed by atoms with Crippen molar-refractivity contribution in [1.82, 2.24) is 10.3 Å². The SMILES string of the molecule is CN(C)c1ccc(CNC(=O)c2cc(Br)ccc2I)cn1. The first-order valence-corrected chi connectivity index (χ1v) is 8.20. The van der Waals surface area contributed by atoms with Crippen LogP contribution in [-0.2, 0) is 6.54 Å². The lowest BCUT2D eigenvalue weighted by molar-refractivity contribution is 0.0950. The van der Waals surface area contributed by atoms with Gasteiger partial charge in [-0.15, -0.1) is 0 Å². The van der Waals surface area contributed by atoms with Crippen molar-refractivity contribution in [2.75, 3.05) is 19.0 Å². The Labute approximate surface area is 146 Å². The second-order valence-electron chi connectivity index (χ2n) is 4.73. The van der Waals surface area contributed by atoms with E-state index in [1.807, 2.05) is 49.3 Å². The summed E-state index contributed by atoms with van der Waals surface area (Å²) in [7, 11) is 3.89. The van der Waals surface area contributed by atoms with Crippen molar-refractivity contribution in [2.45, 2.75) is 6.54 Å². The average Bonchev–Trinajstić information content (AvgIpc) is 2.47. The highest BCUT2D eigenvalue weighted by Crippen LogP contribution is 2.18. The Bertz CT molecular complexity index is 644. The zero-order chi connectivity index (χ0) is 15.4. The number of anilines is 1. The van der Waals surface area contributed by atoms with Crippen LogP contribution in [0.1, 0.15) is 15.9 Å². The third kappa shape index (κ3) is 4.41. The van der Waals surface area contributed by atoms with E-state index in [-0.39, 0.29) is 5.91 Å². The van der Waals surface area contributed by atoms with Crippen molar-refractivity contribution in [1.29, 1.82) is 0 Å². The number of hydrogen-bond donors (Lipinski definition) is 1. The number of nitrogens with zero attached hydrogens (tertiary/aromatic N) is 2. The first-order valence-electron chi connectivity index (χ1n) is 6.33. The highest BCUT2D eigenvalue weighted by molar-refractivity contribution is 14.1. The van der Waals surface area contributed by atoms with E-state index in [1.165, 1.54) is 0 Å². The van der Waals surface area contributed by atoms with Crippen molar-refractivity contribution >= 4 is 50.2 Å². The molecule has 1 N–H and O–H groups in total. The van der Waals surface area contributed by atoms with Crippen LogP contribution in [0.5, 0.6) is 0 Å². The molecule has 0 spiro atoms. The third-order valence-electron chi connectivity index (χ3n) is 2.89. The van der Waals surface area contributed by atoms with Gasteiger partial charge in [-0.2, -0.15) is 0 Å². The predicted molar refractivity (Wildman–Crippen MR) is 96.6 cm³/mol. The molecule has 0 saturated carbocycles. The molecule has 1 amide bonds. The first kappa shape index (κ1) is 16.2. The fourth-order valence-corrected chi connectivity index (χ4v) is 2.68. The number of hydrogen-bond acceptors (Lipinski definition) is 3. The fourth-order valence-electron chi connectivity index (χ4n) is 1.73. The van der Waals surface area contributed by atoms with Gasteiger partial charge in [0.1, 0.15) is 5.82 Å². The maximum absolute atomic E-state index is 12.2. The van der Waals surface area contributed by atoms with Crippen LogP contribution in [0.4, 0.5) is 5.82 Å². The van der Waals surface area contributed by atoms with Gasteiger partial charge in [-0.1, -0.05) is 22.0 Å². The minimum atomic E-state index is -0.0858. The number of pyridine rings is 1. The minimum absolute atomic E-state index is 0.0858. The van der Waals surface area contributed by atoms with Crippen LogP contribution in [0.15, 0.2) is 41.0 Å². The maximum Gasteiger partial charge on any atom is 0.252 e. The van der Waals surface area contributed by atoms with Crippen LogP contribution >= 0.6 is 38.5 Å². The zero-order valence-electron chi connectivity index (χ0n) is 11.7. The van der Waals surface area contributed by atoms with Crippen LogP contribution in [-0.4, -0.2) is 25.0 Å². The molecule has 2 rings (SSSR count). The van der Waals surface area contributed by atoms with Crippen molar-refractivity contribution < 1.29 is 4.79 Å². The van der Waals surface area contributed by atoms with Crippen molar-refractivity contribution in [3.63, 3.8) is 0 Å². The van der Waals surface area contributed by atoms with Crippen LogP contribution < -0.4 is 10.2 Å². The van der Waals surface area contributed by atoms with Crippen LogP contribution in [0.25, 0.3) is 0 Å². The summed E-state index contributed by atoms with van der Waals surface area (Å²) < 4.78 is 1.82. The summed E-state index contributed by atoms with van der Waals surface area (Å²) in [6.07, 6.45) is 1.78. The van der Waals surface area contributed by atoms with E-state index >= 15 is 0 Å². The minimum Gasteiger partial charge on any atom is -0.363 e. The Hall–Kier alpha value is -1.15. The molecule has 1 aromatic carbocycles. The number of aromatic nitrogens is 1. The lowest BCUT2D eigenvalue weighted by Gasteiger charge is -2.12. The van der Waals surface area contributed by atoms with Gasteiger partial charge in [0.05, 0.1) is 5.56 Å². The van der Waals surface area contributed by atoms with Gasteiger partial charge in [0.25, 0.3) is 5.91 Å². The van der Waals surface area contributed by atoms with E-state index in [1.54, 1.807) is 6.20 Å². The molecule has 1 aromatic heterocycles. The van der Waals surface area contributed by atoms with Gasteiger partial charge in [-0.25, -0.2) is 4.98 Å².